The Bertz CT molecular complexity index is 1800. The summed E-state index contributed by atoms with van der Waals surface area (Å²) in [5, 5.41) is 4.47. The molecule has 0 spiro atoms. The van der Waals surface area contributed by atoms with Gasteiger partial charge in [-0.05, 0) is 23.5 Å². The number of benzene rings is 4. The van der Waals surface area contributed by atoms with Crippen molar-refractivity contribution in [2.45, 2.75) is 0 Å². The van der Waals surface area contributed by atoms with E-state index in [1.54, 1.807) is 6.20 Å². The summed E-state index contributed by atoms with van der Waals surface area (Å²) < 4.78 is 1.86. The molecule has 2 aromatic heterocycles. The van der Waals surface area contributed by atoms with Gasteiger partial charge in [0, 0.05) is 18.6 Å². The number of aromatic nitrogens is 3. The largest absolute Gasteiger partial charge is 2.00 e. The van der Waals surface area contributed by atoms with Crippen LogP contribution in [0.3, 0.4) is 0 Å². The maximum atomic E-state index is 4.61. The molecule has 0 fully saturated rings. The Kier molecular flexibility index (Phi) is 5.42. The zero-order valence-electron chi connectivity index (χ0n) is 20.2. The van der Waals surface area contributed by atoms with E-state index in [0.29, 0.717) is 0 Å². The Labute approximate surface area is 236 Å². The van der Waals surface area contributed by atoms with Crippen molar-refractivity contribution in [3.05, 3.63) is 128 Å². The molecule has 2 aliphatic heterocycles. The summed E-state index contributed by atoms with van der Waals surface area (Å²) in [6, 6.07) is 41.5. The maximum absolute atomic E-state index is 4.61. The van der Waals surface area contributed by atoms with Gasteiger partial charge in [-0.2, -0.15) is 11.2 Å². The molecule has 6 aromatic rings. The van der Waals surface area contributed by atoms with Crippen LogP contribution in [0.5, 0.6) is 0 Å². The predicted octanol–water partition coefficient (Wildman–Crippen LogP) is 5.44. The quantitative estimate of drug-likeness (QED) is 0.183. The normalized spacial score (nSPS) is 12.4. The molecule has 0 aliphatic carbocycles. The van der Waals surface area contributed by atoms with Crippen LogP contribution < -0.4 is 15.7 Å². The molecule has 38 heavy (non-hydrogen) atoms. The van der Waals surface area contributed by atoms with Crippen molar-refractivity contribution in [3.8, 4) is 39.2 Å². The predicted molar refractivity (Wildman–Crippen MR) is 149 cm³/mol. The van der Waals surface area contributed by atoms with Gasteiger partial charge in [-0.3, -0.25) is 4.68 Å². The Morgan fingerprint density at radius 1 is 0.605 bits per heavy atom. The molecule has 6 heteroatoms. The van der Waals surface area contributed by atoms with E-state index in [4.69, 9.17) is 0 Å². The number of anilines is 2. The molecule has 0 radical (unpaired) electrons. The van der Waals surface area contributed by atoms with Gasteiger partial charge >= 0.3 is 27.9 Å². The van der Waals surface area contributed by atoms with E-state index in [-0.39, 0.29) is 27.9 Å². The summed E-state index contributed by atoms with van der Waals surface area (Å²) in [6.45, 7) is 0.00625. The molecule has 180 valence electrons. The maximum Gasteiger partial charge on any atom is 2.00 e. The number of fused-ring (bicyclic) bond motifs is 11. The number of hydrogen-bond donors (Lipinski definition) is 0. The third-order valence-corrected chi connectivity index (χ3v) is 7.36. The van der Waals surface area contributed by atoms with Crippen molar-refractivity contribution < 1.29 is 21.1 Å². The molecule has 0 saturated heterocycles. The van der Waals surface area contributed by atoms with E-state index in [1.165, 1.54) is 22.1 Å². The first-order valence-corrected chi connectivity index (χ1v) is 12.4. The molecule has 0 atom stereocenters. The Balaban J connectivity index is 0.00000242. The van der Waals surface area contributed by atoms with Gasteiger partial charge in [-0.15, -0.1) is 41.5 Å². The van der Waals surface area contributed by atoms with Crippen LogP contribution in [0.4, 0.5) is 11.4 Å². The molecule has 4 aromatic carbocycles. The minimum Gasteiger partial charge on any atom is -0.413 e. The standard InChI is InChI=1S/C32H19BN4.Pt/c1-3-10-28-24(8-1)26-15-13-22(30-12-5-6-17-34-30)20-31(26)37-32-21-23(36-19-7-18-35-36)14-16-27(32)25-9-2-4-11-29(25)33(28)37;/h1-19H;/q-2;+2. The molecule has 4 nitrogen and oxygen atoms in total. The summed E-state index contributed by atoms with van der Waals surface area (Å²) in [7, 11) is 0. The van der Waals surface area contributed by atoms with Gasteiger partial charge < -0.3 is 9.79 Å². The fraction of sp³-hybridized carbons (Fsp3) is 0. The first kappa shape index (κ1) is 22.9. The second-order valence-electron chi connectivity index (χ2n) is 9.35. The topological polar surface area (TPSA) is 34.0 Å². The van der Waals surface area contributed by atoms with Crippen LogP contribution in [0.15, 0.2) is 116 Å². The third-order valence-electron chi connectivity index (χ3n) is 7.36. The van der Waals surface area contributed by atoms with Crippen molar-refractivity contribution in [2.75, 3.05) is 4.81 Å². The first-order chi connectivity index (χ1) is 18.4. The molecule has 8 rings (SSSR count). The van der Waals surface area contributed by atoms with Gasteiger partial charge in [0.1, 0.15) is 0 Å². The molecular formula is C32H19BN4Pt. The van der Waals surface area contributed by atoms with Gasteiger partial charge in [0.15, 0.2) is 0 Å². The van der Waals surface area contributed by atoms with Crippen LogP contribution >= 0.6 is 0 Å². The summed E-state index contributed by atoms with van der Waals surface area (Å²) >= 11 is 0. The molecule has 0 saturated carbocycles. The van der Waals surface area contributed by atoms with Gasteiger partial charge in [-0.25, -0.2) is 0 Å². The number of hydrogen-bond acceptors (Lipinski definition) is 3. The van der Waals surface area contributed by atoms with Crippen LogP contribution in [0, 0.1) is 12.1 Å². The van der Waals surface area contributed by atoms with Crippen LogP contribution in [-0.2, 0) is 21.1 Å². The molecule has 0 N–H and O–H groups in total. The van der Waals surface area contributed by atoms with Gasteiger partial charge in [-0.1, -0.05) is 99.7 Å². The Morgan fingerprint density at radius 3 is 1.97 bits per heavy atom. The van der Waals surface area contributed by atoms with Crippen molar-refractivity contribution in [3.63, 3.8) is 0 Å². The van der Waals surface area contributed by atoms with Crippen molar-refractivity contribution >= 4 is 29.1 Å². The van der Waals surface area contributed by atoms with E-state index < -0.39 is 0 Å². The summed E-state index contributed by atoms with van der Waals surface area (Å²) in [6.07, 6.45) is 5.58. The van der Waals surface area contributed by atoms with Crippen LogP contribution in [-0.4, -0.2) is 21.6 Å². The second kappa shape index (κ2) is 8.97. The molecule has 2 aliphatic rings. The second-order valence-corrected chi connectivity index (χ2v) is 9.35. The van der Waals surface area contributed by atoms with Crippen LogP contribution in [0.2, 0.25) is 0 Å². The average Bonchev–Trinajstić information content (AvgIpc) is 3.52. The zero-order valence-corrected chi connectivity index (χ0v) is 22.4. The van der Waals surface area contributed by atoms with Crippen LogP contribution in [0.1, 0.15) is 0 Å². The summed E-state index contributed by atoms with van der Waals surface area (Å²) in [5.74, 6) is 0. The van der Waals surface area contributed by atoms with E-state index in [0.717, 1.165) is 39.4 Å². The van der Waals surface area contributed by atoms with Gasteiger partial charge in [0.25, 0.3) is 0 Å². The minimum atomic E-state index is 0. The van der Waals surface area contributed by atoms with E-state index in [2.05, 4.69) is 99.8 Å². The smallest absolute Gasteiger partial charge is 0.413 e. The number of nitrogens with zero attached hydrogens (tertiary/aromatic N) is 4. The Hall–Kier alpha value is -4.21. The molecule has 0 amide bonds. The zero-order chi connectivity index (χ0) is 24.3. The van der Waals surface area contributed by atoms with Crippen molar-refractivity contribution in [1.82, 2.24) is 14.8 Å². The summed E-state index contributed by atoms with van der Waals surface area (Å²) in [5.41, 5.74) is 12.2. The van der Waals surface area contributed by atoms with E-state index >= 15 is 0 Å². The molecular weight excluding hydrogens is 646 g/mol. The fourth-order valence-electron chi connectivity index (χ4n) is 5.76. The molecule has 0 unspecified atom stereocenters. The van der Waals surface area contributed by atoms with Crippen molar-refractivity contribution in [1.29, 1.82) is 0 Å². The van der Waals surface area contributed by atoms with Crippen molar-refractivity contribution in [2.24, 2.45) is 0 Å². The monoisotopic (exact) mass is 665 g/mol. The van der Waals surface area contributed by atoms with Crippen LogP contribution in [0.25, 0.3) is 39.2 Å². The summed E-state index contributed by atoms with van der Waals surface area (Å²) in [4.78, 5) is 7.02. The number of rotatable bonds is 2. The molecule has 4 heterocycles. The SMILES string of the molecule is [Pt+2].[c-]1c(-c2ccccn2)ccc2c1N1B(c3ccccc3-2)c2ccccc2-c2ccc(-n3cccn3)[c-]c21. The average molecular weight is 665 g/mol. The number of pyridine rings is 1. The Morgan fingerprint density at radius 2 is 1.29 bits per heavy atom. The molecule has 0 bridgehead atoms. The first-order valence-electron chi connectivity index (χ1n) is 12.4. The fourth-order valence-corrected chi connectivity index (χ4v) is 5.76. The third kappa shape index (κ3) is 3.35. The van der Waals surface area contributed by atoms with E-state index in [1.807, 2.05) is 41.3 Å². The van der Waals surface area contributed by atoms with Gasteiger partial charge in [0.2, 0.25) is 0 Å². The van der Waals surface area contributed by atoms with Gasteiger partial charge in [0.05, 0.1) is 0 Å². The minimum absolute atomic E-state index is 0. The van der Waals surface area contributed by atoms with E-state index in [9.17, 15) is 0 Å².